The zero-order valence-electron chi connectivity index (χ0n) is 18.0. The smallest absolute Gasteiger partial charge is 0.258 e. The van der Waals surface area contributed by atoms with Gasteiger partial charge in [0.2, 0.25) is 5.91 Å². The third-order valence-corrected chi connectivity index (χ3v) is 7.09. The fourth-order valence-electron chi connectivity index (χ4n) is 4.68. The number of hydrogen-bond acceptors (Lipinski definition) is 6. The number of thiazole rings is 1. The molecule has 2 aliphatic rings. The molecule has 5 rings (SSSR count). The number of carbonyl (C=O) groups is 2. The van der Waals surface area contributed by atoms with Crippen molar-refractivity contribution >= 4 is 39.2 Å². The van der Waals surface area contributed by atoms with Crippen LogP contribution >= 0.6 is 11.3 Å². The SMILES string of the molecule is O=C(Nc1nccs1)c1cc(C2CCN(C(=O)CN3CCCCC3)C2)nc2ccccc12. The molecule has 1 aromatic carbocycles. The zero-order valence-corrected chi connectivity index (χ0v) is 18.8. The van der Waals surface area contributed by atoms with Gasteiger partial charge in [0.15, 0.2) is 5.13 Å². The summed E-state index contributed by atoms with van der Waals surface area (Å²) in [5, 5.41) is 6.12. The first-order chi connectivity index (χ1) is 15.7. The molecule has 1 unspecified atom stereocenters. The molecule has 1 atom stereocenters. The van der Waals surface area contributed by atoms with Crippen LogP contribution in [0.4, 0.5) is 5.13 Å². The van der Waals surface area contributed by atoms with Gasteiger partial charge in [-0.2, -0.15) is 0 Å². The Morgan fingerprint density at radius 1 is 1.12 bits per heavy atom. The Kier molecular flexibility index (Phi) is 6.14. The Morgan fingerprint density at radius 3 is 2.78 bits per heavy atom. The van der Waals surface area contributed by atoms with E-state index < -0.39 is 0 Å². The number of benzene rings is 1. The van der Waals surface area contributed by atoms with Gasteiger partial charge in [0.25, 0.3) is 5.91 Å². The van der Waals surface area contributed by atoms with Crippen LogP contribution in [0.1, 0.15) is 47.7 Å². The first-order valence-electron chi connectivity index (χ1n) is 11.3. The van der Waals surface area contributed by atoms with Gasteiger partial charge in [-0.1, -0.05) is 24.6 Å². The zero-order chi connectivity index (χ0) is 21.9. The van der Waals surface area contributed by atoms with Crippen molar-refractivity contribution in [1.29, 1.82) is 0 Å². The molecular formula is C24H27N5O2S. The highest BCUT2D eigenvalue weighted by atomic mass is 32.1. The van der Waals surface area contributed by atoms with Crippen molar-refractivity contribution < 1.29 is 9.59 Å². The predicted molar refractivity (Wildman–Crippen MR) is 126 cm³/mol. The summed E-state index contributed by atoms with van der Waals surface area (Å²) in [5.74, 6) is 0.157. The lowest BCUT2D eigenvalue weighted by Crippen LogP contribution is -2.41. The fraction of sp³-hybridized carbons (Fsp3) is 0.417. The molecule has 0 spiro atoms. The van der Waals surface area contributed by atoms with E-state index in [4.69, 9.17) is 4.98 Å². The average molecular weight is 450 g/mol. The van der Waals surface area contributed by atoms with Crippen LogP contribution in [0.5, 0.6) is 0 Å². The third kappa shape index (κ3) is 4.52. The average Bonchev–Trinajstić information content (AvgIpc) is 3.51. The molecule has 0 bridgehead atoms. The highest BCUT2D eigenvalue weighted by molar-refractivity contribution is 7.13. The Morgan fingerprint density at radius 2 is 1.97 bits per heavy atom. The van der Waals surface area contributed by atoms with E-state index in [1.165, 1.54) is 30.6 Å². The quantitative estimate of drug-likeness (QED) is 0.642. The summed E-state index contributed by atoms with van der Waals surface area (Å²) >= 11 is 1.39. The van der Waals surface area contributed by atoms with E-state index in [-0.39, 0.29) is 17.7 Å². The molecule has 3 aromatic rings. The molecule has 1 N–H and O–H groups in total. The summed E-state index contributed by atoms with van der Waals surface area (Å²) in [4.78, 5) is 39.2. The number of hydrogen-bond donors (Lipinski definition) is 1. The predicted octanol–water partition coefficient (Wildman–Crippen LogP) is 3.75. The Labute approximate surface area is 191 Å². The lowest BCUT2D eigenvalue weighted by atomic mass is 9.99. The van der Waals surface area contributed by atoms with Gasteiger partial charge in [-0.25, -0.2) is 4.98 Å². The maximum absolute atomic E-state index is 13.0. The van der Waals surface area contributed by atoms with E-state index >= 15 is 0 Å². The number of amides is 2. The number of carbonyl (C=O) groups excluding carboxylic acids is 2. The summed E-state index contributed by atoms with van der Waals surface area (Å²) in [6.45, 7) is 3.96. The summed E-state index contributed by atoms with van der Waals surface area (Å²) in [7, 11) is 0. The minimum Gasteiger partial charge on any atom is -0.341 e. The van der Waals surface area contributed by atoms with Gasteiger partial charge in [0, 0.05) is 41.7 Å². The van der Waals surface area contributed by atoms with Gasteiger partial charge >= 0.3 is 0 Å². The van der Waals surface area contributed by atoms with Crippen molar-refractivity contribution in [3.8, 4) is 0 Å². The number of pyridine rings is 1. The van der Waals surface area contributed by atoms with E-state index in [1.807, 2.05) is 40.6 Å². The molecule has 2 saturated heterocycles. The minimum atomic E-state index is -0.184. The van der Waals surface area contributed by atoms with Crippen LogP contribution in [0.2, 0.25) is 0 Å². The lowest BCUT2D eigenvalue weighted by Gasteiger charge is -2.28. The normalized spacial score (nSPS) is 19.4. The molecule has 32 heavy (non-hydrogen) atoms. The van der Waals surface area contributed by atoms with Gasteiger partial charge in [-0.05, 0) is 44.5 Å². The molecule has 8 heteroatoms. The van der Waals surface area contributed by atoms with E-state index in [0.717, 1.165) is 42.7 Å². The summed E-state index contributed by atoms with van der Waals surface area (Å²) < 4.78 is 0. The van der Waals surface area contributed by atoms with E-state index in [0.29, 0.717) is 23.8 Å². The van der Waals surface area contributed by atoms with Crippen LogP contribution < -0.4 is 5.32 Å². The first kappa shape index (κ1) is 21.0. The molecular weight excluding hydrogens is 422 g/mol. The number of fused-ring (bicyclic) bond motifs is 1. The number of aromatic nitrogens is 2. The van der Waals surface area contributed by atoms with Crippen LogP contribution in [0.3, 0.4) is 0 Å². The van der Waals surface area contributed by atoms with E-state index in [2.05, 4.69) is 15.2 Å². The second-order valence-corrected chi connectivity index (χ2v) is 9.46. The number of nitrogens with zero attached hydrogens (tertiary/aromatic N) is 4. The molecule has 4 heterocycles. The molecule has 0 radical (unpaired) electrons. The van der Waals surface area contributed by atoms with Gasteiger partial charge in [0.1, 0.15) is 0 Å². The standard InChI is InChI=1S/C24H27N5O2S/c30-22(16-28-10-4-1-5-11-28)29-12-8-17(15-29)21-14-19(18-6-2-3-7-20(18)26-21)23(31)27-24-25-9-13-32-24/h2-3,6-7,9,13-14,17H,1,4-5,8,10-12,15-16H2,(H,25,27,31). The molecule has 2 aromatic heterocycles. The summed E-state index contributed by atoms with van der Waals surface area (Å²) in [5.41, 5.74) is 2.27. The number of likely N-dealkylation sites (tertiary alicyclic amines) is 2. The van der Waals surface area contributed by atoms with Crippen LogP contribution in [-0.4, -0.2) is 64.3 Å². The van der Waals surface area contributed by atoms with E-state index in [1.54, 1.807) is 6.20 Å². The van der Waals surface area contributed by atoms with Crippen molar-refractivity contribution in [2.45, 2.75) is 31.6 Å². The largest absolute Gasteiger partial charge is 0.341 e. The number of rotatable bonds is 5. The molecule has 7 nitrogen and oxygen atoms in total. The third-order valence-electron chi connectivity index (χ3n) is 6.40. The van der Waals surface area contributed by atoms with Crippen LogP contribution in [0, 0.1) is 0 Å². The number of nitrogens with one attached hydrogen (secondary N) is 1. The molecule has 0 saturated carbocycles. The fourth-order valence-corrected chi connectivity index (χ4v) is 5.20. The molecule has 0 aliphatic carbocycles. The Hall–Kier alpha value is -2.84. The van der Waals surface area contributed by atoms with Gasteiger partial charge in [-0.15, -0.1) is 11.3 Å². The van der Waals surface area contributed by atoms with Crippen molar-refractivity contribution in [3.05, 3.63) is 53.2 Å². The second kappa shape index (κ2) is 9.34. The van der Waals surface area contributed by atoms with Crippen molar-refractivity contribution in [2.24, 2.45) is 0 Å². The van der Waals surface area contributed by atoms with Gasteiger partial charge in [0.05, 0.1) is 17.6 Å². The maximum atomic E-state index is 13.0. The maximum Gasteiger partial charge on any atom is 0.258 e. The number of anilines is 1. The van der Waals surface area contributed by atoms with Gasteiger partial charge < -0.3 is 4.90 Å². The highest BCUT2D eigenvalue weighted by Crippen LogP contribution is 2.30. The van der Waals surface area contributed by atoms with Gasteiger partial charge in [-0.3, -0.25) is 24.8 Å². The monoisotopic (exact) mass is 449 g/mol. The Bertz CT molecular complexity index is 1110. The van der Waals surface area contributed by atoms with E-state index in [9.17, 15) is 9.59 Å². The van der Waals surface area contributed by atoms with Crippen molar-refractivity contribution in [1.82, 2.24) is 19.8 Å². The minimum absolute atomic E-state index is 0.135. The number of piperidine rings is 1. The summed E-state index contributed by atoms with van der Waals surface area (Å²) in [6.07, 6.45) is 6.17. The molecule has 2 fully saturated rings. The highest BCUT2D eigenvalue weighted by Gasteiger charge is 2.30. The van der Waals surface area contributed by atoms with Crippen molar-refractivity contribution in [3.63, 3.8) is 0 Å². The van der Waals surface area contributed by atoms with Crippen molar-refractivity contribution in [2.75, 3.05) is 38.0 Å². The van der Waals surface area contributed by atoms with Crippen LogP contribution in [0.25, 0.3) is 10.9 Å². The first-order valence-corrected chi connectivity index (χ1v) is 12.2. The molecule has 2 amide bonds. The Balaban J connectivity index is 1.35. The van der Waals surface area contributed by atoms with Crippen LogP contribution in [-0.2, 0) is 4.79 Å². The molecule has 2 aliphatic heterocycles. The number of para-hydroxylation sites is 1. The lowest BCUT2D eigenvalue weighted by molar-refractivity contribution is -0.131. The molecule has 166 valence electrons. The summed E-state index contributed by atoms with van der Waals surface area (Å²) in [6, 6.07) is 9.61. The topological polar surface area (TPSA) is 78.4 Å². The second-order valence-electron chi connectivity index (χ2n) is 8.57. The van der Waals surface area contributed by atoms with Crippen LogP contribution in [0.15, 0.2) is 41.9 Å².